The summed E-state index contributed by atoms with van der Waals surface area (Å²) in [6.07, 6.45) is 0. The van der Waals surface area contributed by atoms with Gasteiger partial charge in [0.15, 0.2) is 0 Å². The zero-order valence-electron chi connectivity index (χ0n) is 22.0. The molecule has 0 atom stereocenters. The summed E-state index contributed by atoms with van der Waals surface area (Å²) < 4.78 is 4.80. The molecule has 9 aromatic rings. The summed E-state index contributed by atoms with van der Waals surface area (Å²) in [6.45, 7) is 0. The van der Waals surface area contributed by atoms with Crippen LogP contribution in [0.25, 0.3) is 76.8 Å². The van der Waals surface area contributed by atoms with Gasteiger partial charge in [-0.15, -0.1) is 0 Å². The van der Waals surface area contributed by atoms with Crippen LogP contribution in [0.4, 0.5) is 0 Å². The van der Waals surface area contributed by atoms with E-state index in [1.807, 2.05) is 12.1 Å². The maximum atomic E-state index is 9.50. The molecule has 1 N–H and O–H groups in total. The van der Waals surface area contributed by atoms with Crippen molar-refractivity contribution in [3.63, 3.8) is 0 Å². The Labute approximate surface area is 234 Å². The zero-order valence-corrected chi connectivity index (χ0v) is 22.0. The third-order valence-electron chi connectivity index (χ3n) is 8.45. The molecular formula is C37H22N4. The Kier molecular flexibility index (Phi) is 4.37. The van der Waals surface area contributed by atoms with E-state index in [2.05, 4.69) is 135 Å². The predicted octanol–water partition coefficient (Wildman–Crippen LogP) is 9.39. The maximum absolute atomic E-state index is 9.50. The first-order valence-corrected chi connectivity index (χ1v) is 13.8. The Hall–Kier alpha value is -5.79. The third-order valence-corrected chi connectivity index (χ3v) is 8.45. The van der Waals surface area contributed by atoms with E-state index in [9.17, 15) is 5.26 Å². The molecule has 41 heavy (non-hydrogen) atoms. The minimum atomic E-state index is 0.651. The fourth-order valence-electron chi connectivity index (χ4n) is 6.82. The van der Waals surface area contributed by atoms with Crippen molar-refractivity contribution >= 4 is 65.4 Å². The zero-order chi connectivity index (χ0) is 27.1. The number of benzene rings is 6. The lowest BCUT2D eigenvalue weighted by molar-refractivity contribution is 1.18. The van der Waals surface area contributed by atoms with Gasteiger partial charge >= 0.3 is 0 Å². The molecule has 0 aliphatic rings. The van der Waals surface area contributed by atoms with E-state index >= 15 is 0 Å². The molecule has 0 saturated carbocycles. The third kappa shape index (κ3) is 2.87. The topological polar surface area (TPSA) is 49.4 Å². The molecule has 9 rings (SSSR count). The van der Waals surface area contributed by atoms with Crippen LogP contribution in [0.2, 0.25) is 0 Å². The van der Waals surface area contributed by atoms with E-state index in [1.165, 1.54) is 43.4 Å². The highest BCUT2D eigenvalue weighted by Gasteiger charge is 2.26. The van der Waals surface area contributed by atoms with Crippen molar-refractivity contribution in [1.29, 1.82) is 5.26 Å². The molecule has 0 spiro atoms. The van der Waals surface area contributed by atoms with Crippen LogP contribution in [-0.4, -0.2) is 14.1 Å². The van der Waals surface area contributed by atoms with E-state index in [0.29, 0.717) is 5.56 Å². The van der Waals surface area contributed by atoms with Crippen molar-refractivity contribution in [2.24, 2.45) is 0 Å². The average Bonchev–Trinajstić information content (AvgIpc) is 3.69. The SMILES string of the molecule is N#Cc1ccc(-n2c3ccccc3c3c4c(c5ccccc5n4-c4ccccc4)c4[nH]c5ccccc5c4c32)cc1. The summed E-state index contributed by atoms with van der Waals surface area (Å²) in [6, 6.07) is 46.9. The Balaban J connectivity index is 1.66. The molecular weight excluding hydrogens is 500 g/mol. The number of hydrogen-bond acceptors (Lipinski definition) is 1. The summed E-state index contributed by atoms with van der Waals surface area (Å²) in [5, 5.41) is 16.8. The Morgan fingerprint density at radius 3 is 1.66 bits per heavy atom. The molecule has 6 aromatic carbocycles. The van der Waals surface area contributed by atoms with Gasteiger partial charge in [-0.3, -0.25) is 0 Å². The molecule has 0 unspecified atom stereocenters. The van der Waals surface area contributed by atoms with Crippen molar-refractivity contribution in [3.05, 3.63) is 133 Å². The summed E-state index contributed by atoms with van der Waals surface area (Å²) >= 11 is 0. The molecule has 0 radical (unpaired) electrons. The number of nitrogens with zero attached hydrogens (tertiary/aromatic N) is 3. The molecule has 0 amide bonds. The summed E-state index contributed by atoms with van der Waals surface area (Å²) in [4.78, 5) is 3.84. The van der Waals surface area contributed by atoms with Gasteiger partial charge in [-0.25, -0.2) is 0 Å². The van der Waals surface area contributed by atoms with Crippen LogP contribution >= 0.6 is 0 Å². The van der Waals surface area contributed by atoms with Crippen LogP contribution in [0.15, 0.2) is 127 Å². The summed E-state index contributed by atoms with van der Waals surface area (Å²) in [5.41, 5.74) is 9.73. The highest BCUT2D eigenvalue weighted by molar-refractivity contribution is 6.39. The number of H-pyrrole nitrogens is 1. The van der Waals surface area contributed by atoms with Crippen LogP contribution in [0.5, 0.6) is 0 Å². The molecule has 0 aliphatic carbocycles. The second kappa shape index (κ2) is 8.11. The monoisotopic (exact) mass is 522 g/mol. The van der Waals surface area contributed by atoms with Crippen molar-refractivity contribution < 1.29 is 0 Å². The second-order valence-electron chi connectivity index (χ2n) is 10.6. The highest BCUT2D eigenvalue weighted by Crippen LogP contribution is 2.48. The van der Waals surface area contributed by atoms with Crippen LogP contribution < -0.4 is 0 Å². The summed E-state index contributed by atoms with van der Waals surface area (Å²) in [7, 11) is 0. The van der Waals surface area contributed by atoms with Crippen LogP contribution in [0.1, 0.15) is 5.56 Å². The average molecular weight is 523 g/mol. The highest BCUT2D eigenvalue weighted by atomic mass is 15.0. The van der Waals surface area contributed by atoms with E-state index in [4.69, 9.17) is 0 Å². The van der Waals surface area contributed by atoms with Crippen LogP contribution in [0.3, 0.4) is 0 Å². The predicted molar refractivity (Wildman–Crippen MR) is 169 cm³/mol. The first kappa shape index (κ1) is 22.1. The Bertz CT molecular complexity index is 2520. The van der Waals surface area contributed by atoms with Gasteiger partial charge in [0.2, 0.25) is 0 Å². The van der Waals surface area contributed by atoms with Gasteiger partial charge in [0.05, 0.1) is 39.2 Å². The molecule has 3 heterocycles. The molecule has 3 aromatic heterocycles. The fraction of sp³-hybridized carbons (Fsp3) is 0. The van der Waals surface area contributed by atoms with Gasteiger partial charge in [-0.2, -0.15) is 5.26 Å². The molecule has 190 valence electrons. The number of rotatable bonds is 2. The minimum absolute atomic E-state index is 0.651. The normalized spacial score (nSPS) is 11.9. The van der Waals surface area contributed by atoms with Gasteiger partial charge in [0, 0.05) is 49.2 Å². The first-order chi connectivity index (χ1) is 20.3. The number of nitrogens with one attached hydrogen (secondary N) is 1. The molecule has 0 fully saturated rings. The van der Waals surface area contributed by atoms with E-state index in [0.717, 1.165) is 33.4 Å². The number of aromatic amines is 1. The number of aromatic nitrogens is 3. The standard InChI is InChI=1S/C37H22N4/c38-22-23-18-20-25(21-19-23)41-31-17-9-6-14-28(31)34-36(41)32-26-12-4-7-15-29(26)39-35(32)33-27-13-5-8-16-30(27)40(37(33)34)24-10-2-1-3-11-24/h1-21,39H. The maximum Gasteiger partial charge on any atom is 0.0991 e. The molecule has 0 aliphatic heterocycles. The summed E-state index contributed by atoms with van der Waals surface area (Å²) in [5.74, 6) is 0. The number of fused-ring (bicyclic) bond motifs is 12. The molecule has 4 heteroatoms. The van der Waals surface area contributed by atoms with Crippen LogP contribution in [0, 0.1) is 11.3 Å². The van der Waals surface area contributed by atoms with E-state index in [-0.39, 0.29) is 0 Å². The first-order valence-electron chi connectivity index (χ1n) is 13.8. The molecule has 0 bridgehead atoms. The second-order valence-corrected chi connectivity index (χ2v) is 10.6. The van der Waals surface area contributed by atoms with Gasteiger partial charge in [0.1, 0.15) is 0 Å². The number of para-hydroxylation sites is 4. The minimum Gasteiger partial charge on any atom is -0.354 e. The fourth-order valence-corrected chi connectivity index (χ4v) is 6.82. The van der Waals surface area contributed by atoms with Gasteiger partial charge in [0.25, 0.3) is 0 Å². The molecule has 0 saturated heterocycles. The van der Waals surface area contributed by atoms with E-state index < -0.39 is 0 Å². The van der Waals surface area contributed by atoms with Crippen molar-refractivity contribution in [1.82, 2.24) is 14.1 Å². The lowest BCUT2D eigenvalue weighted by atomic mass is 10.0. The lowest BCUT2D eigenvalue weighted by Crippen LogP contribution is -1.96. The lowest BCUT2D eigenvalue weighted by Gasteiger charge is -2.12. The van der Waals surface area contributed by atoms with Gasteiger partial charge in [-0.1, -0.05) is 72.8 Å². The largest absolute Gasteiger partial charge is 0.354 e. The Morgan fingerprint density at radius 2 is 1.00 bits per heavy atom. The van der Waals surface area contributed by atoms with Crippen molar-refractivity contribution in [3.8, 4) is 17.4 Å². The van der Waals surface area contributed by atoms with E-state index in [1.54, 1.807) is 0 Å². The molecule has 4 nitrogen and oxygen atoms in total. The van der Waals surface area contributed by atoms with Crippen LogP contribution in [-0.2, 0) is 0 Å². The quantitative estimate of drug-likeness (QED) is 0.242. The Morgan fingerprint density at radius 1 is 0.488 bits per heavy atom. The van der Waals surface area contributed by atoms with Crippen molar-refractivity contribution in [2.75, 3.05) is 0 Å². The van der Waals surface area contributed by atoms with Gasteiger partial charge in [-0.05, 0) is 54.6 Å². The smallest absolute Gasteiger partial charge is 0.0991 e. The number of hydrogen-bond donors (Lipinski definition) is 1. The van der Waals surface area contributed by atoms with Gasteiger partial charge < -0.3 is 14.1 Å². The number of nitriles is 1. The van der Waals surface area contributed by atoms with Crippen molar-refractivity contribution in [2.45, 2.75) is 0 Å².